The predicted molar refractivity (Wildman–Crippen MR) is 95.2 cm³/mol. The number of ether oxygens (including phenoxy) is 1. The van der Waals surface area contributed by atoms with Crippen LogP contribution in [0.25, 0.3) is 10.8 Å². The van der Waals surface area contributed by atoms with Gasteiger partial charge in [-0.2, -0.15) is 5.10 Å². The second kappa shape index (κ2) is 6.61. The molecular formula is C20H19N3O2. The van der Waals surface area contributed by atoms with E-state index in [0.717, 1.165) is 5.69 Å². The van der Waals surface area contributed by atoms with Crippen LogP contribution in [0.4, 0.5) is 0 Å². The second-order valence-electron chi connectivity index (χ2n) is 6.34. The van der Waals surface area contributed by atoms with Gasteiger partial charge in [-0.15, -0.1) is 5.10 Å². The Balaban J connectivity index is 1.34. The molecule has 0 N–H and O–H groups in total. The summed E-state index contributed by atoms with van der Waals surface area (Å²) >= 11 is 0. The van der Waals surface area contributed by atoms with Crippen LogP contribution in [0.3, 0.4) is 0 Å². The number of likely N-dealkylation sites (tertiary alicyclic amines) is 1. The van der Waals surface area contributed by atoms with Crippen LogP contribution in [0.5, 0.6) is 0 Å². The van der Waals surface area contributed by atoms with Crippen molar-refractivity contribution < 1.29 is 9.53 Å². The largest absolute Gasteiger partial charge is 0.370 e. The minimum Gasteiger partial charge on any atom is -0.370 e. The Morgan fingerprint density at radius 3 is 2.68 bits per heavy atom. The third kappa shape index (κ3) is 3.23. The third-order valence-electron chi connectivity index (χ3n) is 4.51. The number of aromatic nitrogens is 2. The molecule has 0 bridgehead atoms. The van der Waals surface area contributed by atoms with Crippen molar-refractivity contribution in [2.75, 3.05) is 13.1 Å². The molecule has 0 unspecified atom stereocenters. The number of fused-ring (bicyclic) bond motifs is 1. The zero-order chi connectivity index (χ0) is 17.2. The molecule has 1 fully saturated rings. The average molecular weight is 333 g/mol. The Kier molecular flexibility index (Phi) is 4.15. The van der Waals surface area contributed by atoms with Gasteiger partial charge in [0.15, 0.2) is 5.69 Å². The van der Waals surface area contributed by atoms with Crippen LogP contribution in [0.1, 0.15) is 21.7 Å². The van der Waals surface area contributed by atoms with Gasteiger partial charge in [0, 0.05) is 13.1 Å². The molecule has 1 aliphatic rings. The first-order valence-corrected chi connectivity index (χ1v) is 8.38. The summed E-state index contributed by atoms with van der Waals surface area (Å²) < 4.78 is 5.98. The zero-order valence-corrected chi connectivity index (χ0v) is 14.1. The second-order valence-corrected chi connectivity index (χ2v) is 6.34. The summed E-state index contributed by atoms with van der Waals surface area (Å²) in [5.41, 5.74) is 2.36. The van der Waals surface area contributed by atoms with Gasteiger partial charge in [-0.1, -0.05) is 42.5 Å². The lowest BCUT2D eigenvalue weighted by atomic mass is 10.1. The SMILES string of the molecule is Cc1ccc(C(=O)N2CC(OCc3cccc4ccccc34)C2)nn1. The highest BCUT2D eigenvalue weighted by molar-refractivity contribution is 5.92. The molecule has 5 heteroatoms. The minimum atomic E-state index is -0.0856. The van der Waals surface area contributed by atoms with E-state index in [0.29, 0.717) is 25.4 Å². The molecule has 5 nitrogen and oxygen atoms in total. The number of carbonyl (C=O) groups is 1. The van der Waals surface area contributed by atoms with Crippen LogP contribution in [-0.4, -0.2) is 40.2 Å². The smallest absolute Gasteiger partial charge is 0.274 e. The van der Waals surface area contributed by atoms with Crippen LogP contribution in [0.2, 0.25) is 0 Å². The summed E-state index contributed by atoms with van der Waals surface area (Å²) in [6.45, 7) is 3.60. The van der Waals surface area contributed by atoms with Gasteiger partial charge in [0.05, 0.1) is 18.4 Å². The lowest BCUT2D eigenvalue weighted by molar-refractivity contribution is -0.0502. The van der Waals surface area contributed by atoms with E-state index in [2.05, 4.69) is 34.5 Å². The number of hydrogen-bond donors (Lipinski definition) is 0. The fourth-order valence-electron chi connectivity index (χ4n) is 3.01. The van der Waals surface area contributed by atoms with Gasteiger partial charge in [-0.3, -0.25) is 4.79 Å². The van der Waals surface area contributed by atoms with Crippen LogP contribution >= 0.6 is 0 Å². The minimum absolute atomic E-state index is 0.0707. The van der Waals surface area contributed by atoms with Crippen molar-refractivity contribution in [1.29, 1.82) is 0 Å². The third-order valence-corrected chi connectivity index (χ3v) is 4.51. The Bertz CT molecular complexity index is 897. The number of hydrogen-bond acceptors (Lipinski definition) is 4. The number of aryl methyl sites for hydroxylation is 1. The van der Waals surface area contributed by atoms with Gasteiger partial charge in [-0.25, -0.2) is 0 Å². The van der Waals surface area contributed by atoms with Crippen LogP contribution in [0, 0.1) is 6.92 Å². The lowest BCUT2D eigenvalue weighted by Crippen LogP contribution is -2.54. The highest BCUT2D eigenvalue weighted by Crippen LogP contribution is 2.21. The molecular weight excluding hydrogens is 314 g/mol. The van der Waals surface area contributed by atoms with E-state index in [1.807, 2.05) is 25.1 Å². The van der Waals surface area contributed by atoms with E-state index < -0.39 is 0 Å². The Morgan fingerprint density at radius 2 is 1.88 bits per heavy atom. The normalized spacial score (nSPS) is 14.5. The van der Waals surface area contributed by atoms with E-state index >= 15 is 0 Å². The molecule has 0 radical (unpaired) electrons. The van der Waals surface area contributed by atoms with Crippen molar-refractivity contribution in [2.45, 2.75) is 19.6 Å². The highest BCUT2D eigenvalue weighted by atomic mass is 16.5. The van der Waals surface area contributed by atoms with Crippen LogP contribution in [0.15, 0.2) is 54.6 Å². The van der Waals surface area contributed by atoms with Gasteiger partial charge in [0.2, 0.25) is 0 Å². The average Bonchev–Trinajstić information content (AvgIpc) is 2.61. The number of carbonyl (C=O) groups excluding carboxylic acids is 1. The maximum Gasteiger partial charge on any atom is 0.274 e. The molecule has 2 heterocycles. The first kappa shape index (κ1) is 15.7. The van der Waals surface area contributed by atoms with Crippen molar-refractivity contribution in [3.63, 3.8) is 0 Å². The number of rotatable bonds is 4. The molecule has 4 rings (SSSR count). The predicted octanol–water partition coefficient (Wildman–Crippen LogP) is 2.98. The van der Waals surface area contributed by atoms with Crippen LogP contribution < -0.4 is 0 Å². The maximum absolute atomic E-state index is 12.3. The fraction of sp³-hybridized carbons (Fsp3) is 0.250. The topological polar surface area (TPSA) is 55.3 Å². The Labute approximate surface area is 146 Å². The van der Waals surface area contributed by atoms with Gasteiger partial charge >= 0.3 is 0 Å². The molecule has 1 amide bonds. The number of nitrogens with zero attached hydrogens (tertiary/aromatic N) is 3. The summed E-state index contributed by atoms with van der Waals surface area (Å²) in [6.07, 6.45) is 0.0707. The van der Waals surface area contributed by atoms with Crippen molar-refractivity contribution in [3.05, 3.63) is 71.5 Å². The molecule has 1 aliphatic heterocycles. The van der Waals surface area contributed by atoms with Crippen molar-refractivity contribution in [2.24, 2.45) is 0 Å². The Hall–Kier alpha value is -2.79. The molecule has 25 heavy (non-hydrogen) atoms. The Morgan fingerprint density at radius 1 is 1.08 bits per heavy atom. The van der Waals surface area contributed by atoms with Crippen molar-refractivity contribution >= 4 is 16.7 Å². The lowest BCUT2D eigenvalue weighted by Gasteiger charge is -2.38. The van der Waals surface area contributed by atoms with Crippen molar-refractivity contribution in [1.82, 2.24) is 15.1 Å². The van der Waals surface area contributed by atoms with E-state index in [9.17, 15) is 4.79 Å². The molecule has 2 aromatic carbocycles. The summed E-state index contributed by atoms with van der Waals surface area (Å²) in [6, 6.07) is 18.1. The van der Waals surface area contributed by atoms with Crippen LogP contribution in [-0.2, 0) is 11.3 Å². The maximum atomic E-state index is 12.3. The summed E-state index contributed by atoms with van der Waals surface area (Å²) in [5, 5.41) is 10.3. The standard InChI is InChI=1S/C20H19N3O2/c1-14-9-10-19(22-21-14)20(24)23-11-17(12-23)25-13-16-7-4-6-15-5-2-3-8-18(15)16/h2-10,17H,11-13H2,1H3. The van der Waals surface area contributed by atoms with Gasteiger partial charge < -0.3 is 9.64 Å². The first-order chi connectivity index (χ1) is 12.2. The quantitative estimate of drug-likeness (QED) is 0.736. The highest BCUT2D eigenvalue weighted by Gasteiger charge is 2.32. The zero-order valence-electron chi connectivity index (χ0n) is 14.1. The molecule has 0 atom stereocenters. The molecule has 1 aromatic heterocycles. The summed E-state index contributed by atoms with van der Waals surface area (Å²) in [5.74, 6) is -0.0856. The van der Waals surface area contributed by atoms with Crippen molar-refractivity contribution in [3.8, 4) is 0 Å². The van der Waals surface area contributed by atoms with Gasteiger partial charge in [0.25, 0.3) is 5.91 Å². The fourth-order valence-corrected chi connectivity index (χ4v) is 3.01. The molecule has 126 valence electrons. The molecule has 0 saturated carbocycles. The summed E-state index contributed by atoms with van der Waals surface area (Å²) in [4.78, 5) is 14.0. The van der Waals surface area contributed by atoms with E-state index in [1.165, 1.54) is 16.3 Å². The molecule has 0 aliphatic carbocycles. The van der Waals surface area contributed by atoms with E-state index in [4.69, 9.17) is 4.74 Å². The molecule has 0 spiro atoms. The summed E-state index contributed by atoms with van der Waals surface area (Å²) in [7, 11) is 0. The van der Waals surface area contributed by atoms with E-state index in [-0.39, 0.29) is 12.0 Å². The number of benzene rings is 2. The van der Waals surface area contributed by atoms with Gasteiger partial charge in [0.1, 0.15) is 0 Å². The molecule has 3 aromatic rings. The van der Waals surface area contributed by atoms with E-state index in [1.54, 1.807) is 17.0 Å². The number of amides is 1. The van der Waals surface area contributed by atoms with Gasteiger partial charge in [-0.05, 0) is 35.4 Å². The monoisotopic (exact) mass is 333 g/mol. The molecule has 1 saturated heterocycles. The first-order valence-electron chi connectivity index (χ1n) is 8.38.